The van der Waals surface area contributed by atoms with Crippen LogP contribution in [0.15, 0.2) is 52.9 Å². The van der Waals surface area contributed by atoms with Gasteiger partial charge in [0.2, 0.25) is 5.13 Å². The van der Waals surface area contributed by atoms with Crippen LogP contribution >= 0.6 is 23.1 Å². The van der Waals surface area contributed by atoms with Gasteiger partial charge in [-0.2, -0.15) is 5.26 Å². The van der Waals surface area contributed by atoms with Crippen LogP contribution in [0.5, 0.6) is 0 Å². The van der Waals surface area contributed by atoms with E-state index in [4.69, 9.17) is 10.00 Å². The van der Waals surface area contributed by atoms with Crippen molar-refractivity contribution in [2.75, 3.05) is 12.4 Å². The third-order valence-corrected chi connectivity index (χ3v) is 5.62. The molecule has 0 saturated carbocycles. The van der Waals surface area contributed by atoms with Gasteiger partial charge in [-0.15, -0.1) is 10.2 Å². The van der Waals surface area contributed by atoms with E-state index in [0.29, 0.717) is 28.6 Å². The molecule has 27 heavy (non-hydrogen) atoms. The SMILES string of the molecule is COCc1cccc(C(=O)Nc2nnc(SCc3ccc(C#N)cc3)s2)c1. The standard InChI is InChI=1S/C19H16N4O2S2/c1-25-11-15-3-2-4-16(9-15)17(24)21-18-22-23-19(27-18)26-12-14-7-5-13(10-20)6-8-14/h2-9H,11-12H2,1H3,(H,21,22,24). The first-order chi connectivity index (χ1) is 13.2. The van der Waals surface area contributed by atoms with Crippen LogP contribution < -0.4 is 5.32 Å². The number of carbonyl (C=O) groups excluding carboxylic acids is 1. The molecule has 3 rings (SSSR count). The number of nitrogens with one attached hydrogen (secondary N) is 1. The van der Waals surface area contributed by atoms with Crippen LogP contribution in [0.4, 0.5) is 5.13 Å². The quantitative estimate of drug-likeness (QED) is 0.478. The Labute approximate surface area is 165 Å². The van der Waals surface area contributed by atoms with E-state index < -0.39 is 0 Å². The molecule has 6 nitrogen and oxygen atoms in total. The number of carbonyl (C=O) groups is 1. The van der Waals surface area contributed by atoms with Crippen LogP contribution in [0.1, 0.15) is 27.0 Å². The molecule has 1 aromatic heterocycles. The summed E-state index contributed by atoms with van der Waals surface area (Å²) in [4.78, 5) is 12.4. The van der Waals surface area contributed by atoms with E-state index in [1.807, 2.05) is 24.3 Å². The van der Waals surface area contributed by atoms with Gasteiger partial charge in [-0.3, -0.25) is 10.1 Å². The molecule has 1 N–H and O–H groups in total. The van der Waals surface area contributed by atoms with Crippen molar-refractivity contribution in [3.8, 4) is 6.07 Å². The summed E-state index contributed by atoms with van der Waals surface area (Å²) in [5.41, 5.74) is 3.21. The molecule has 8 heteroatoms. The van der Waals surface area contributed by atoms with Crippen molar-refractivity contribution in [3.63, 3.8) is 0 Å². The maximum atomic E-state index is 12.4. The maximum absolute atomic E-state index is 12.4. The number of ether oxygens (including phenoxy) is 1. The first kappa shape index (κ1) is 19.0. The molecule has 0 spiro atoms. The molecular weight excluding hydrogens is 380 g/mol. The van der Waals surface area contributed by atoms with Gasteiger partial charge in [0.15, 0.2) is 4.34 Å². The first-order valence-corrected chi connectivity index (χ1v) is 9.82. The number of amides is 1. The van der Waals surface area contributed by atoms with Crippen LogP contribution in [-0.4, -0.2) is 23.2 Å². The summed E-state index contributed by atoms with van der Waals surface area (Å²) in [5, 5.41) is 20.2. The molecule has 0 atom stereocenters. The van der Waals surface area contributed by atoms with Crippen LogP contribution in [0.2, 0.25) is 0 Å². The molecule has 3 aromatic rings. The van der Waals surface area contributed by atoms with Crippen molar-refractivity contribution in [1.82, 2.24) is 10.2 Å². The summed E-state index contributed by atoms with van der Waals surface area (Å²) in [7, 11) is 1.62. The van der Waals surface area contributed by atoms with Gasteiger partial charge in [-0.1, -0.05) is 47.4 Å². The number of rotatable bonds is 7. The number of hydrogen-bond acceptors (Lipinski definition) is 7. The second-order valence-electron chi connectivity index (χ2n) is 5.56. The lowest BCUT2D eigenvalue weighted by atomic mass is 10.1. The Bertz CT molecular complexity index is 964. The lowest BCUT2D eigenvalue weighted by molar-refractivity contribution is 0.102. The van der Waals surface area contributed by atoms with Crippen molar-refractivity contribution >= 4 is 34.1 Å². The van der Waals surface area contributed by atoms with Gasteiger partial charge in [-0.25, -0.2) is 0 Å². The average Bonchev–Trinajstić information content (AvgIpc) is 3.14. The fourth-order valence-corrected chi connectivity index (χ4v) is 3.98. The van der Waals surface area contributed by atoms with E-state index in [9.17, 15) is 4.79 Å². The molecule has 0 aliphatic heterocycles. The maximum Gasteiger partial charge on any atom is 0.257 e. The number of methoxy groups -OCH3 is 1. The Kier molecular flexibility index (Phi) is 6.54. The lowest BCUT2D eigenvalue weighted by Crippen LogP contribution is -2.12. The third kappa shape index (κ3) is 5.37. The van der Waals surface area contributed by atoms with E-state index in [2.05, 4.69) is 21.6 Å². The van der Waals surface area contributed by atoms with Gasteiger partial charge in [0.1, 0.15) is 0 Å². The van der Waals surface area contributed by atoms with Crippen molar-refractivity contribution in [1.29, 1.82) is 5.26 Å². The molecule has 0 bridgehead atoms. The van der Waals surface area contributed by atoms with Crippen molar-refractivity contribution in [3.05, 3.63) is 70.8 Å². The fourth-order valence-electron chi connectivity index (χ4n) is 2.28. The summed E-state index contributed by atoms with van der Waals surface area (Å²) in [6.45, 7) is 0.454. The van der Waals surface area contributed by atoms with Gasteiger partial charge in [0.25, 0.3) is 5.91 Å². The zero-order valence-electron chi connectivity index (χ0n) is 14.5. The minimum absolute atomic E-state index is 0.229. The van der Waals surface area contributed by atoms with Crippen molar-refractivity contribution in [2.45, 2.75) is 16.7 Å². The highest BCUT2D eigenvalue weighted by molar-refractivity contribution is 8.00. The average molecular weight is 396 g/mol. The molecule has 0 aliphatic rings. The third-order valence-electron chi connectivity index (χ3n) is 3.57. The molecule has 0 saturated heterocycles. The molecule has 0 unspecified atom stereocenters. The predicted molar refractivity (Wildman–Crippen MR) is 106 cm³/mol. The summed E-state index contributed by atoms with van der Waals surface area (Å²) < 4.78 is 5.86. The molecule has 136 valence electrons. The number of anilines is 1. The molecule has 1 heterocycles. The second kappa shape index (κ2) is 9.28. The van der Waals surface area contributed by atoms with Crippen molar-refractivity contribution < 1.29 is 9.53 Å². The fraction of sp³-hybridized carbons (Fsp3) is 0.158. The highest BCUT2D eigenvalue weighted by atomic mass is 32.2. The van der Waals surface area contributed by atoms with E-state index in [0.717, 1.165) is 15.5 Å². The summed E-state index contributed by atoms with van der Waals surface area (Å²) in [5.74, 6) is 0.487. The molecule has 1 amide bonds. The Morgan fingerprint density at radius 1 is 1.22 bits per heavy atom. The van der Waals surface area contributed by atoms with Gasteiger partial charge < -0.3 is 4.74 Å². The number of aromatic nitrogens is 2. The summed E-state index contributed by atoms with van der Waals surface area (Å²) in [6.07, 6.45) is 0. The van der Waals surface area contributed by atoms with E-state index in [-0.39, 0.29) is 5.91 Å². The Balaban J connectivity index is 1.57. The lowest BCUT2D eigenvalue weighted by Gasteiger charge is -2.04. The van der Waals surface area contributed by atoms with Crippen LogP contribution in [0.25, 0.3) is 0 Å². The minimum atomic E-state index is -0.229. The van der Waals surface area contributed by atoms with Crippen LogP contribution in [-0.2, 0) is 17.1 Å². The second-order valence-corrected chi connectivity index (χ2v) is 7.76. The van der Waals surface area contributed by atoms with Gasteiger partial charge in [0.05, 0.1) is 18.2 Å². The number of hydrogen-bond donors (Lipinski definition) is 1. The zero-order valence-corrected chi connectivity index (χ0v) is 16.1. The predicted octanol–water partition coefficient (Wildman–Crippen LogP) is 4.10. The van der Waals surface area contributed by atoms with E-state index in [1.165, 1.54) is 23.1 Å². The molecule has 0 aliphatic carbocycles. The molecular formula is C19H16N4O2S2. The van der Waals surface area contributed by atoms with Gasteiger partial charge in [0, 0.05) is 18.4 Å². The van der Waals surface area contributed by atoms with Gasteiger partial charge >= 0.3 is 0 Å². The summed E-state index contributed by atoms with van der Waals surface area (Å²) in [6, 6.07) is 16.8. The number of nitriles is 1. The Morgan fingerprint density at radius 2 is 2.04 bits per heavy atom. The monoisotopic (exact) mass is 396 g/mol. The van der Waals surface area contributed by atoms with Crippen molar-refractivity contribution in [2.24, 2.45) is 0 Å². The highest BCUT2D eigenvalue weighted by Gasteiger charge is 2.11. The van der Waals surface area contributed by atoms with E-state index in [1.54, 1.807) is 31.4 Å². The number of benzene rings is 2. The van der Waals surface area contributed by atoms with Gasteiger partial charge in [-0.05, 0) is 35.4 Å². The molecule has 0 radical (unpaired) electrons. The minimum Gasteiger partial charge on any atom is -0.380 e. The van der Waals surface area contributed by atoms with Crippen LogP contribution in [0, 0.1) is 11.3 Å². The van der Waals surface area contributed by atoms with Crippen LogP contribution in [0.3, 0.4) is 0 Å². The number of thioether (sulfide) groups is 1. The number of nitrogens with zero attached hydrogens (tertiary/aromatic N) is 3. The topological polar surface area (TPSA) is 87.9 Å². The summed E-state index contributed by atoms with van der Waals surface area (Å²) >= 11 is 2.86. The van der Waals surface area contributed by atoms with E-state index >= 15 is 0 Å². The smallest absolute Gasteiger partial charge is 0.257 e. The zero-order chi connectivity index (χ0) is 19.1. The Hall–Kier alpha value is -2.73. The highest BCUT2D eigenvalue weighted by Crippen LogP contribution is 2.28. The first-order valence-electron chi connectivity index (χ1n) is 8.02. The normalized spacial score (nSPS) is 10.4. The largest absolute Gasteiger partial charge is 0.380 e. The molecule has 2 aromatic carbocycles. The Morgan fingerprint density at radius 3 is 2.78 bits per heavy atom. The molecule has 0 fully saturated rings.